The number of nitrogens with zero attached hydrogens (tertiary/aromatic N) is 2. The normalized spacial score (nSPS) is 11.0. The van der Waals surface area contributed by atoms with E-state index in [0.717, 1.165) is 26.8 Å². The Hall–Kier alpha value is -1.03. The van der Waals surface area contributed by atoms with Crippen molar-refractivity contribution in [3.05, 3.63) is 22.3 Å². The highest BCUT2D eigenvalue weighted by Gasteiger charge is 2.06. The minimum absolute atomic E-state index is 0.753. The van der Waals surface area contributed by atoms with Gasteiger partial charge in [-0.1, -0.05) is 0 Å². The van der Waals surface area contributed by atoms with E-state index in [2.05, 4.69) is 21.0 Å². The number of benzene rings is 1. The quantitative estimate of drug-likeness (QED) is 0.717. The number of fused-ring (bicyclic) bond motifs is 1. The highest BCUT2D eigenvalue weighted by Crippen LogP contribution is 2.27. The molecule has 2 aromatic rings. The lowest BCUT2D eigenvalue weighted by molar-refractivity contribution is 0.751. The number of nitrogen functional groups attached to an aromatic ring is 1. The van der Waals surface area contributed by atoms with Gasteiger partial charge in [0, 0.05) is 28.3 Å². The zero-order valence-electron chi connectivity index (χ0n) is 7.50. The van der Waals surface area contributed by atoms with Crippen LogP contribution >= 0.6 is 15.9 Å². The Bertz CT molecular complexity index is 473. The molecule has 0 aliphatic carbocycles. The van der Waals surface area contributed by atoms with Crippen LogP contribution in [0, 0.1) is 6.92 Å². The van der Waals surface area contributed by atoms with Crippen molar-refractivity contribution in [3.63, 3.8) is 0 Å². The van der Waals surface area contributed by atoms with Gasteiger partial charge in [-0.3, -0.25) is 4.68 Å². The van der Waals surface area contributed by atoms with Gasteiger partial charge in [0.2, 0.25) is 0 Å². The zero-order chi connectivity index (χ0) is 9.59. The van der Waals surface area contributed by atoms with E-state index in [4.69, 9.17) is 5.73 Å². The van der Waals surface area contributed by atoms with Crippen molar-refractivity contribution in [2.75, 3.05) is 5.73 Å². The van der Waals surface area contributed by atoms with Crippen LogP contribution in [0.4, 0.5) is 5.69 Å². The number of anilines is 1. The first kappa shape index (κ1) is 8.56. The summed E-state index contributed by atoms with van der Waals surface area (Å²) >= 11 is 3.38. The van der Waals surface area contributed by atoms with Gasteiger partial charge < -0.3 is 5.73 Å². The number of nitrogens with two attached hydrogens (primary N) is 1. The zero-order valence-corrected chi connectivity index (χ0v) is 9.09. The van der Waals surface area contributed by atoms with Crippen LogP contribution in [0.1, 0.15) is 5.69 Å². The molecule has 0 spiro atoms. The third-order valence-electron chi connectivity index (χ3n) is 2.25. The molecule has 13 heavy (non-hydrogen) atoms. The van der Waals surface area contributed by atoms with Crippen LogP contribution in [-0.4, -0.2) is 9.78 Å². The lowest BCUT2D eigenvalue weighted by Gasteiger charge is -1.97. The average molecular weight is 240 g/mol. The minimum Gasteiger partial charge on any atom is -0.398 e. The van der Waals surface area contributed by atoms with E-state index < -0.39 is 0 Å². The van der Waals surface area contributed by atoms with E-state index in [1.807, 2.05) is 30.8 Å². The molecule has 1 aromatic heterocycles. The fraction of sp³-hybridized carbons (Fsp3) is 0.222. The third-order valence-corrected chi connectivity index (χ3v) is 2.93. The summed E-state index contributed by atoms with van der Waals surface area (Å²) in [6.45, 7) is 2.03. The smallest absolute Gasteiger partial charge is 0.0938 e. The van der Waals surface area contributed by atoms with Crippen molar-refractivity contribution in [2.24, 2.45) is 7.05 Å². The van der Waals surface area contributed by atoms with Crippen molar-refractivity contribution in [3.8, 4) is 0 Å². The van der Waals surface area contributed by atoms with Crippen LogP contribution in [-0.2, 0) is 7.05 Å². The molecule has 4 heteroatoms. The minimum atomic E-state index is 0.753. The van der Waals surface area contributed by atoms with E-state index >= 15 is 0 Å². The molecule has 0 amide bonds. The fourth-order valence-electron chi connectivity index (χ4n) is 1.36. The highest BCUT2D eigenvalue weighted by atomic mass is 79.9. The highest BCUT2D eigenvalue weighted by molar-refractivity contribution is 9.10. The van der Waals surface area contributed by atoms with Crippen molar-refractivity contribution in [1.29, 1.82) is 0 Å². The standard InChI is InChI=1S/C9H10BrN3/c1-5-6-3-8(11)7(10)4-9(6)12-13(5)2/h3-4H,11H2,1-2H3. The molecule has 2 rings (SSSR count). The largest absolute Gasteiger partial charge is 0.398 e. The summed E-state index contributed by atoms with van der Waals surface area (Å²) in [5, 5.41) is 5.46. The maximum atomic E-state index is 5.78. The van der Waals surface area contributed by atoms with E-state index in [-0.39, 0.29) is 0 Å². The Morgan fingerprint density at radius 1 is 1.46 bits per heavy atom. The van der Waals surface area contributed by atoms with Gasteiger partial charge >= 0.3 is 0 Å². The fourth-order valence-corrected chi connectivity index (χ4v) is 1.69. The first-order chi connectivity index (χ1) is 6.09. The van der Waals surface area contributed by atoms with Crippen LogP contribution in [0.15, 0.2) is 16.6 Å². The van der Waals surface area contributed by atoms with Crippen LogP contribution in [0.5, 0.6) is 0 Å². The Morgan fingerprint density at radius 2 is 2.15 bits per heavy atom. The van der Waals surface area contributed by atoms with Gasteiger partial charge in [-0.25, -0.2) is 0 Å². The molecule has 1 aromatic carbocycles. The summed E-state index contributed by atoms with van der Waals surface area (Å²) in [5.74, 6) is 0. The predicted molar refractivity (Wildman–Crippen MR) is 57.6 cm³/mol. The van der Waals surface area contributed by atoms with Crippen LogP contribution in [0.3, 0.4) is 0 Å². The molecule has 68 valence electrons. The molecule has 0 saturated heterocycles. The second-order valence-electron chi connectivity index (χ2n) is 3.10. The lowest BCUT2D eigenvalue weighted by atomic mass is 10.2. The summed E-state index contributed by atoms with van der Waals surface area (Å²) in [4.78, 5) is 0. The van der Waals surface area contributed by atoms with Crippen LogP contribution in [0.25, 0.3) is 10.9 Å². The lowest BCUT2D eigenvalue weighted by Crippen LogP contribution is -1.91. The summed E-state index contributed by atoms with van der Waals surface area (Å²) in [6, 6.07) is 3.89. The van der Waals surface area contributed by atoms with Gasteiger partial charge in [-0.2, -0.15) is 5.10 Å². The Labute approximate surface area is 84.7 Å². The maximum absolute atomic E-state index is 5.78. The SMILES string of the molecule is Cc1c2cc(N)c(Br)cc2nn1C. The van der Waals surface area contributed by atoms with Gasteiger partial charge in [0.1, 0.15) is 0 Å². The van der Waals surface area contributed by atoms with Gasteiger partial charge in [0.25, 0.3) is 0 Å². The summed E-state index contributed by atoms with van der Waals surface area (Å²) in [5.41, 5.74) is 8.64. The monoisotopic (exact) mass is 239 g/mol. The van der Waals surface area contributed by atoms with Gasteiger partial charge in [-0.15, -0.1) is 0 Å². The van der Waals surface area contributed by atoms with E-state index in [1.54, 1.807) is 0 Å². The summed E-state index contributed by atoms with van der Waals surface area (Å²) < 4.78 is 2.76. The van der Waals surface area contributed by atoms with E-state index in [0.29, 0.717) is 0 Å². The van der Waals surface area contributed by atoms with Crippen LogP contribution < -0.4 is 5.73 Å². The molecule has 1 heterocycles. The summed E-state index contributed by atoms with van der Waals surface area (Å²) in [6.07, 6.45) is 0. The van der Waals surface area contributed by atoms with Crippen LogP contribution in [0.2, 0.25) is 0 Å². The molecule has 0 aliphatic heterocycles. The number of hydrogen-bond acceptors (Lipinski definition) is 2. The maximum Gasteiger partial charge on any atom is 0.0938 e. The van der Waals surface area contributed by atoms with Gasteiger partial charge in [-0.05, 0) is 35.0 Å². The third kappa shape index (κ3) is 1.21. The molecule has 0 fully saturated rings. The first-order valence-electron chi connectivity index (χ1n) is 3.98. The number of aryl methyl sites for hydroxylation is 2. The molecular weight excluding hydrogens is 230 g/mol. The average Bonchev–Trinajstić information content (AvgIpc) is 2.32. The molecular formula is C9H10BrN3. The molecule has 3 nitrogen and oxygen atoms in total. The molecule has 2 N–H and O–H groups in total. The van der Waals surface area contributed by atoms with E-state index in [1.165, 1.54) is 0 Å². The summed E-state index contributed by atoms with van der Waals surface area (Å²) in [7, 11) is 1.93. The second kappa shape index (κ2) is 2.73. The van der Waals surface area contributed by atoms with E-state index in [9.17, 15) is 0 Å². The topological polar surface area (TPSA) is 43.8 Å². The van der Waals surface area contributed by atoms with Crippen molar-refractivity contribution >= 4 is 32.5 Å². The number of rotatable bonds is 0. The first-order valence-corrected chi connectivity index (χ1v) is 4.77. The second-order valence-corrected chi connectivity index (χ2v) is 3.95. The number of hydrogen-bond donors (Lipinski definition) is 1. The van der Waals surface area contributed by atoms with Crippen molar-refractivity contribution in [2.45, 2.75) is 6.92 Å². The van der Waals surface area contributed by atoms with Crippen molar-refractivity contribution < 1.29 is 0 Å². The Morgan fingerprint density at radius 3 is 2.85 bits per heavy atom. The molecule has 0 saturated carbocycles. The molecule has 0 aliphatic rings. The Kier molecular flexibility index (Phi) is 1.80. The van der Waals surface area contributed by atoms with Crippen molar-refractivity contribution in [1.82, 2.24) is 9.78 Å². The number of halogens is 1. The predicted octanol–water partition coefficient (Wildman–Crippen LogP) is 2.23. The molecule has 0 atom stereocenters. The van der Waals surface area contributed by atoms with Gasteiger partial charge in [0.15, 0.2) is 0 Å². The number of aromatic nitrogens is 2. The van der Waals surface area contributed by atoms with Gasteiger partial charge in [0.05, 0.1) is 5.52 Å². The Balaban J connectivity index is 2.89. The molecule has 0 radical (unpaired) electrons. The molecule has 0 bridgehead atoms. The molecule has 0 unspecified atom stereocenters.